The molecule has 2 aromatic rings. The summed E-state index contributed by atoms with van der Waals surface area (Å²) in [5.41, 5.74) is 2.97. The first-order valence-corrected chi connectivity index (χ1v) is 8.93. The molecule has 1 aliphatic rings. The van der Waals surface area contributed by atoms with E-state index in [1.807, 2.05) is 42.5 Å². The number of ether oxygens (including phenoxy) is 1. The number of rotatable bonds is 5. The molecule has 1 amide bonds. The SMILES string of the molecule is CC(C)[C@@H](NC(=O)c1ccc(N2CCOCC2)cc1)c1ccccc1. The molecule has 1 atom stereocenters. The predicted octanol–water partition coefficient (Wildman–Crippen LogP) is 3.65. The van der Waals surface area contributed by atoms with Gasteiger partial charge >= 0.3 is 0 Å². The highest BCUT2D eigenvalue weighted by Gasteiger charge is 2.19. The maximum atomic E-state index is 12.7. The number of carbonyl (C=O) groups excluding carboxylic acids is 1. The maximum Gasteiger partial charge on any atom is 0.251 e. The van der Waals surface area contributed by atoms with Gasteiger partial charge in [-0.15, -0.1) is 0 Å². The van der Waals surface area contributed by atoms with Crippen LogP contribution in [-0.4, -0.2) is 32.2 Å². The fourth-order valence-corrected chi connectivity index (χ4v) is 3.17. The third-order valence-electron chi connectivity index (χ3n) is 4.62. The number of hydrogen-bond acceptors (Lipinski definition) is 3. The number of nitrogens with one attached hydrogen (secondary N) is 1. The summed E-state index contributed by atoms with van der Waals surface area (Å²) in [6.07, 6.45) is 0. The van der Waals surface area contributed by atoms with Crippen LogP contribution >= 0.6 is 0 Å². The topological polar surface area (TPSA) is 41.6 Å². The standard InChI is InChI=1S/C21H26N2O2/c1-16(2)20(17-6-4-3-5-7-17)22-21(24)18-8-10-19(11-9-18)23-12-14-25-15-13-23/h3-11,16,20H,12-15H2,1-2H3,(H,22,24)/t20-/m1/s1. The lowest BCUT2D eigenvalue weighted by molar-refractivity contribution is 0.0925. The Morgan fingerprint density at radius 1 is 1.00 bits per heavy atom. The lowest BCUT2D eigenvalue weighted by Crippen LogP contribution is -2.36. The van der Waals surface area contributed by atoms with E-state index in [1.54, 1.807) is 0 Å². The van der Waals surface area contributed by atoms with Crippen molar-refractivity contribution >= 4 is 11.6 Å². The van der Waals surface area contributed by atoms with Crippen molar-refractivity contribution in [1.82, 2.24) is 5.32 Å². The first-order valence-electron chi connectivity index (χ1n) is 8.93. The van der Waals surface area contributed by atoms with Gasteiger partial charge in [0.05, 0.1) is 19.3 Å². The third-order valence-corrected chi connectivity index (χ3v) is 4.62. The summed E-state index contributed by atoms with van der Waals surface area (Å²) in [5.74, 6) is 0.287. The Balaban J connectivity index is 1.69. The number of anilines is 1. The zero-order valence-electron chi connectivity index (χ0n) is 14.9. The molecule has 1 saturated heterocycles. The molecule has 0 radical (unpaired) electrons. The summed E-state index contributed by atoms with van der Waals surface area (Å²) in [4.78, 5) is 15.0. The van der Waals surface area contributed by atoms with Crippen LogP contribution in [0, 0.1) is 5.92 Å². The minimum Gasteiger partial charge on any atom is -0.378 e. The molecule has 4 heteroatoms. The van der Waals surface area contributed by atoms with Crippen LogP contribution in [0.25, 0.3) is 0 Å². The van der Waals surface area contributed by atoms with E-state index in [-0.39, 0.29) is 11.9 Å². The van der Waals surface area contributed by atoms with Gasteiger partial charge in [0.15, 0.2) is 0 Å². The normalized spacial score (nSPS) is 15.9. The highest BCUT2D eigenvalue weighted by molar-refractivity contribution is 5.94. The van der Waals surface area contributed by atoms with Crippen molar-refractivity contribution < 1.29 is 9.53 Å². The molecule has 1 aliphatic heterocycles. The Labute approximate surface area is 149 Å². The summed E-state index contributed by atoms with van der Waals surface area (Å²) < 4.78 is 5.39. The van der Waals surface area contributed by atoms with E-state index in [1.165, 1.54) is 0 Å². The molecule has 0 aliphatic carbocycles. The van der Waals surface area contributed by atoms with Gasteiger partial charge in [-0.25, -0.2) is 0 Å². The minimum atomic E-state index is -0.0314. The van der Waals surface area contributed by atoms with Crippen molar-refractivity contribution in [3.8, 4) is 0 Å². The fraction of sp³-hybridized carbons (Fsp3) is 0.381. The number of nitrogens with zero attached hydrogens (tertiary/aromatic N) is 1. The molecule has 0 saturated carbocycles. The zero-order valence-corrected chi connectivity index (χ0v) is 14.9. The number of hydrogen-bond donors (Lipinski definition) is 1. The molecule has 2 aromatic carbocycles. The molecule has 4 nitrogen and oxygen atoms in total. The Hall–Kier alpha value is -2.33. The van der Waals surface area contributed by atoms with Crippen LogP contribution < -0.4 is 10.2 Å². The van der Waals surface area contributed by atoms with E-state index in [0.29, 0.717) is 11.5 Å². The van der Waals surface area contributed by atoms with E-state index in [2.05, 4.69) is 36.2 Å². The largest absolute Gasteiger partial charge is 0.378 e. The lowest BCUT2D eigenvalue weighted by atomic mass is 9.95. The summed E-state index contributed by atoms with van der Waals surface area (Å²) in [5, 5.41) is 3.18. The Morgan fingerprint density at radius 3 is 2.24 bits per heavy atom. The van der Waals surface area contributed by atoms with Crippen molar-refractivity contribution in [2.75, 3.05) is 31.2 Å². The van der Waals surface area contributed by atoms with E-state index in [0.717, 1.165) is 37.6 Å². The molecule has 132 valence electrons. The molecule has 1 heterocycles. The molecule has 1 fully saturated rings. The molecule has 25 heavy (non-hydrogen) atoms. The van der Waals surface area contributed by atoms with Crippen LogP contribution in [0.3, 0.4) is 0 Å². The van der Waals surface area contributed by atoms with Crippen LogP contribution in [0.15, 0.2) is 54.6 Å². The first kappa shape index (κ1) is 17.5. The van der Waals surface area contributed by atoms with Crippen molar-refractivity contribution in [2.45, 2.75) is 19.9 Å². The highest BCUT2D eigenvalue weighted by atomic mass is 16.5. The van der Waals surface area contributed by atoms with E-state index >= 15 is 0 Å². The quantitative estimate of drug-likeness (QED) is 0.905. The van der Waals surface area contributed by atoms with Gasteiger partial charge in [-0.1, -0.05) is 44.2 Å². The van der Waals surface area contributed by atoms with Crippen LogP contribution in [0.2, 0.25) is 0 Å². The maximum absolute atomic E-state index is 12.7. The van der Waals surface area contributed by atoms with Crippen LogP contribution in [0.1, 0.15) is 35.8 Å². The van der Waals surface area contributed by atoms with E-state index in [9.17, 15) is 4.79 Å². The van der Waals surface area contributed by atoms with Crippen molar-refractivity contribution in [2.24, 2.45) is 5.92 Å². The molecule has 0 bridgehead atoms. The molecular weight excluding hydrogens is 312 g/mol. The number of morpholine rings is 1. The molecule has 3 rings (SSSR count). The van der Waals surface area contributed by atoms with E-state index < -0.39 is 0 Å². The van der Waals surface area contributed by atoms with Crippen LogP contribution in [0.5, 0.6) is 0 Å². The summed E-state index contributed by atoms with van der Waals surface area (Å²) in [6.45, 7) is 7.56. The van der Waals surface area contributed by atoms with E-state index in [4.69, 9.17) is 4.74 Å². The summed E-state index contributed by atoms with van der Waals surface area (Å²) >= 11 is 0. The molecule has 0 unspecified atom stereocenters. The smallest absolute Gasteiger partial charge is 0.251 e. The average Bonchev–Trinajstić information content (AvgIpc) is 2.67. The second-order valence-electron chi connectivity index (χ2n) is 6.75. The van der Waals surface area contributed by atoms with Gasteiger partial charge in [-0.3, -0.25) is 4.79 Å². The Bertz CT molecular complexity index is 677. The van der Waals surface area contributed by atoms with Gasteiger partial charge < -0.3 is 15.0 Å². The predicted molar refractivity (Wildman–Crippen MR) is 101 cm³/mol. The Morgan fingerprint density at radius 2 is 1.64 bits per heavy atom. The van der Waals surface area contributed by atoms with Gasteiger partial charge in [0.25, 0.3) is 5.91 Å². The molecule has 1 N–H and O–H groups in total. The first-order chi connectivity index (χ1) is 12.1. The second-order valence-corrected chi connectivity index (χ2v) is 6.75. The number of carbonyl (C=O) groups is 1. The van der Waals surface area contributed by atoms with Gasteiger partial charge in [-0.05, 0) is 35.7 Å². The van der Waals surface area contributed by atoms with Crippen molar-refractivity contribution in [3.63, 3.8) is 0 Å². The highest BCUT2D eigenvalue weighted by Crippen LogP contribution is 2.22. The van der Waals surface area contributed by atoms with Gasteiger partial charge in [-0.2, -0.15) is 0 Å². The third kappa shape index (κ3) is 4.40. The molecule has 0 aromatic heterocycles. The lowest BCUT2D eigenvalue weighted by Gasteiger charge is -2.29. The van der Waals surface area contributed by atoms with Gasteiger partial charge in [0.1, 0.15) is 0 Å². The zero-order chi connectivity index (χ0) is 17.6. The average molecular weight is 338 g/mol. The second kappa shape index (κ2) is 8.17. The van der Waals surface area contributed by atoms with Gasteiger partial charge in [0.2, 0.25) is 0 Å². The summed E-state index contributed by atoms with van der Waals surface area (Å²) in [6, 6.07) is 18.0. The Kier molecular flexibility index (Phi) is 5.71. The summed E-state index contributed by atoms with van der Waals surface area (Å²) in [7, 11) is 0. The van der Waals surface area contributed by atoms with Crippen molar-refractivity contribution in [3.05, 3.63) is 65.7 Å². The number of amides is 1. The molecular formula is C21H26N2O2. The minimum absolute atomic E-state index is 0.00706. The van der Waals surface area contributed by atoms with Crippen LogP contribution in [0.4, 0.5) is 5.69 Å². The molecule has 0 spiro atoms. The van der Waals surface area contributed by atoms with Gasteiger partial charge in [0, 0.05) is 24.3 Å². The van der Waals surface area contributed by atoms with Crippen LogP contribution in [-0.2, 0) is 4.74 Å². The van der Waals surface area contributed by atoms with Crippen molar-refractivity contribution in [1.29, 1.82) is 0 Å². The number of benzene rings is 2. The monoisotopic (exact) mass is 338 g/mol. The fourth-order valence-electron chi connectivity index (χ4n) is 3.17.